The van der Waals surface area contributed by atoms with Crippen LogP contribution in [0.1, 0.15) is 11.1 Å². The van der Waals surface area contributed by atoms with Crippen LogP contribution in [0.3, 0.4) is 0 Å². The Labute approximate surface area is 94.9 Å². The fraction of sp³-hybridized carbons (Fsp3) is 0.364. The molecule has 0 bridgehead atoms. The number of ether oxygens (including phenoxy) is 1. The van der Waals surface area contributed by atoms with Crippen molar-refractivity contribution in [1.82, 2.24) is 0 Å². The summed E-state index contributed by atoms with van der Waals surface area (Å²) in [6, 6.07) is 4.43. The van der Waals surface area contributed by atoms with Gasteiger partial charge in [-0.3, -0.25) is 0 Å². The second-order valence-electron chi connectivity index (χ2n) is 3.62. The van der Waals surface area contributed by atoms with Crippen LogP contribution in [-0.4, -0.2) is 25.2 Å². The number of hydrogen-bond donors (Lipinski definition) is 0. The van der Waals surface area contributed by atoms with Gasteiger partial charge >= 0.3 is 6.18 Å². The van der Waals surface area contributed by atoms with Gasteiger partial charge < -0.3 is 4.74 Å². The molecule has 2 nitrogen and oxygen atoms in total. The minimum atomic E-state index is -4.36. The van der Waals surface area contributed by atoms with Gasteiger partial charge in [-0.05, 0) is 24.3 Å². The molecule has 1 atom stereocenters. The second kappa shape index (κ2) is 4.35. The average Bonchev–Trinajstić information content (AvgIpc) is 2.76. The monoisotopic (exact) mass is 247 g/mol. The lowest BCUT2D eigenvalue weighted by Crippen LogP contribution is -2.15. The normalized spacial score (nSPS) is 20.0. The lowest BCUT2D eigenvalue weighted by atomic mass is 10.1. The first-order valence-electron chi connectivity index (χ1n) is 4.95. The molecule has 1 aliphatic rings. The van der Waals surface area contributed by atoms with Crippen molar-refractivity contribution >= 4 is 5.90 Å². The van der Waals surface area contributed by atoms with Gasteiger partial charge in [-0.25, -0.2) is 9.38 Å². The van der Waals surface area contributed by atoms with Gasteiger partial charge in [-0.1, -0.05) is 0 Å². The molecule has 0 N–H and O–H groups in total. The van der Waals surface area contributed by atoms with E-state index in [4.69, 9.17) is 4.74 Å². The third kappa shape index (κ3) is 2.57. The molecular weight excluding hydrogens is 238 g/mol. The summed E-state index contributed by atoms with van der Waals surface area (Å²) in [5.74, 6) is 0.196. The highest BCUT2D eigenvalue weighted by atomic mass is 19.4. The molecule has 0 saturated heterocycles. The fourth-order valence-corrected chi connectivity index (χ4v) is 1.46. The van der Waals surface area contributed by atoms with E-state index in [2.05, 4.69) is 4.99 Å². The molecular formula is C11H9F4NO. The molecule has 1 heterocycles. The lowest BCUT2D eigenvalue weighted by Gasteiger charge is -2.09. The Morgan fingerprint density at radius 3 is 2.35 bits per heavy atom. The topological polar surface area (TPSA) is 21.6 Å². The first-order valence-corrected chi connectivity index (χ1v) is 4.95. The fourth-order valence-electron chi connectivity index (χ4n) is 1.46. The van der Waals surface area contributed by atoms with Crippen LogP contribution in [0.2, 0.25) is 0 Å². The molecule has 1 aliphatic heterocycles. The van der Waals surface area contributed by atoms with E-state index >= 15 is 0 Å². The molecule has 92 valence electrons. The van der Waals surface area contributed by atoms with Gasteiger partial charge in [0.15, 0.2) is 0 Å². The maximum absolute atomic E-state index is 12.3. The number of rotatable bonds is 2. The summed E-state index contributed by atoms with van der Waals surface area (Å²) in [6.07, 6.45) is -4.98. The number of aliphatic imine (C=N–C) groups is 1. The Bertz CT molecular complexity index is 424. The molecule has 0 fully saturated rings. The number of halogens is 4. The zero-order valence-electron chi connectivity index (χ0n) is 8.67. The third-order valence-electron chi connectivity index (χ3n) is 2.35. The van der Waals surface area contributed by atoms with E-state index in [1.165, 1.54) is 12.1 Å². The average molecular weight is 247 g/mol. The molecule has 1 aromatic carbocycles. The molecule has 0 aliphatic carbocycles. The Morgan fingerprint density at radius 1 is 1.24 bits per heavy atom. The summed E-state index contributed by atoms with van der Waals surface area (Å²) in [6.45, 7) is -0.458. The van der Waals surface area contributed by atoms with E-state index in [9.17, 15) is 17.6 Å². The molecule has 6 heteroatoms. The standard InChI is InChI=1S/C11H9F4NO/c12-5-9-6-16-10(17-9)7-1-3-8(4-2-7)11(13,14)15/h1-4,9H,5-6H2. The predicted molar refractivity (Wildman–Crippen MR) is 53.7 cm³/mol. The zero-order valence-corrected chi connectivity index (χ0v) is 8.67. The highest BCUT2D eigenvalue weighted by molar-refractivity contribution is 5.95. The molecule has 2 rings (SSSR count). The Kier molecular flexibility index (Phi) is 3.04. The van der Waals surface area contributed by atoms with Gasteiger partial charge in [0.1, 0.15) is 12.8 Å². The number of benzene rings is 1. The maximum atomic E-state index is 12.3. The molecule has 0 radical (unpaired) electrons. The SMILES string of the molecule is FCC1CN=C(c2ccc(C(F)(F)F)cc2)O1. The number of nitrogens with zero attached hydrogens (tertiary/aromatic N) is 1. The lowest BCUT2D eigenvalue weighted by molar-refractivity contribution is -0.137. The molecule has 17 heavy (non-hydrogen) atoms. The van der Waals surface area contributed by atoms with E-state index in [1.807, 2.05) is 0 Å². The van der Waals surface area contributed by atoms with Gasteiger partial charge in [0.05, 0.1) is 12.1 Å². The third-order valence-corrected chi connectivity index (χ3v) is 2.35. The largest absolute Gasteiger partial charge is 0.469 e. The van der Waals surface area contributed by atoms with Crippen LogP contribution in [0.4, 0.5) is 17.6 Å². The number of alkyl halides is 4. The Hall–Kier alpha value is -1.59. The van der Waals surface area contributed by atoms with Crippen LogP contribution < -0.4 is 0 Å². The summed E-state index contributed by atoms with van der Waals surface area (Å²) in [5, 5.41) is 0. The van der Waals surface area contributed by atoms with Crippen molar-refractivity contribution in [3.63, 3.8) is 0 Å². The summed E-state index contributed by atoms with van der Waals surface area (Å²) in [7, 11) is 0. The summed E-state index contributed by atoms with van der Waals surface area (Å²) in [4.78, 5) is 3.92. The molecule has 1 unspecified atom stereocenters. The van der Waals surface area contributed by atoms with E-state index in [0.717, 1.165) is 12.1 Å². The van der Waals surface area contributed by atoms with Crippen LogP contribution in [0.15, 0.2) is 29.3 Å². The summed E-state index contributed by atoms with van der Waals surface area (Å²) in [5.41, 5.74) is -0.309. The summed E-state index contributed by atoms with van der Waals surface area (Å²) >= 11 is 0. The van der Waals surface area contributed by atoms with Gasteiger partial charge in [0.25, 0.3) is 0 Å². The second-order valence-corrected chi connectivity index (χ2v) is 3.62. The van der Waals surface area contributed by atoms with E-state index in [1.54, 1.807) is 0 Å². The van der Waals surface area contributed by atoms with Crippen molar-refractivity contribution in [3.8, 4) is 0 Å². The van der Waals surface area contributed by atoms with Crippen LogP contribution in [0, 0.1) is 0 Å². The molecule has 0 spiro atoms. The molecule has 0 amide bonds. The van der Waals surface area contributed by atoms with Crippen LogP contribution in [-0.2, 0) is 10.9 Å². The first kappa shape index (κ1) is 11.9. The van der Waals surface area contributed by atoms with Gasteiger partial charge in [-0.2, -0.15) is 13.2 Å². The molecule has 0 aromatic heterocycles. The van der Waals surface area contributed by atoms with Crippen molar-refractivity contribution in [1.29, 1.82) is 0 Å². The van der Waals surface area contributed by atoms with E-state index in [0.29, 0.717) is 5.56 Å². The Balaban J connectivity index is 2.14. The van der Waals surface area contributed by atoms with Crippen molar-refractivity contribution in [2.24, 2.45) is 4.99 Å². The van der Waals surface area contributed by atoms with Gasteiger partial charge in [0, 0.05) is 5.56 Å². The highest BCUT2D eigenvalue weighted by Gasteiger charge is 2.30. The zero-order chi connectivity index (χ0) is 12.5. The van der Waals surface area contributed by atoms with E-state index in [-0.39, 0.29) is 12.4 Å². The summed E-state index contributed by atoms with van der Waals surface area (Å²) < 4.78 is 54.3. The van der Waals surface area contributed by atoms with Crippen LogP contribution in [0.5, 0.6) is 0 Å². The van der Waals surface area contributed by atoms with E-state index < -0.39 is 24.5 Å². The van der Waals surface area contributed by atoms with Crippen LogP contribution >= 0.6 is 0 Å². The highest BCUT2D eigenvalue weighted by Crippen LogP contribution is 2.29. The Morgan fingerprint density at radius 2 is 1.88 bits per heavy atom. The first-order chi connectivity index (χ1) is 8.00. The van der Waals surface area contributed by atoms with Crippen molar-refractivity contribution in [2.75, 3.05) is 13.2 Å². The number of hydrogen-bond acceptors (Lipinski definition) is 2. The predicted octanol–water partition coefficient (Wildman–Crippen LogP) is 2.82. The maximum Gasteiger partial charge on any atom is 0.416 e. The quantitative estimate of drug-likeness (QED) is 0.736. The molecule has 0 saturated carbocycles. The van der Waals surface area contributed by atoms with Gasteiger partial charge in [0.2, 0.25) is 5.90 Å². The minimum Gasteiger partial charge on any atom is -0.469 e. The van der Waals surface area contributed by atoms with Crippen molar-refractivity contribution < 1.29 is 22.3 Å². The van der Waals surface area contributed by atoms with Gasteiger partial charge in [-0.15, -0.1) is 0 Å². The molecule has 1 aromatic rings. The minimum absolute atomic E-state index is 0.196. The van der Waals surface area contributed by atoms with Crippen molar-refractivity contribution in [2.45, 2.75) is 12.3 Å². The van der Waals surface area contributed by atoms with Crippen molar-refractivity contribution in [3.05, 3.63) is 35.4 Å². The smallest absolute Gasteiger partial charge is 0.416 e. The van der Waals surface area contributed by atoms with Crippen LogP contribution in [0.25, 0.3) is 0 Å².